The monoisotopic (exact) mass is 275 g/mol. The van der Waals surface area contributed by atoms with E-state index in [1.54, 1.807) is 0 Å². The van der Waals surface area contributed by atoms with Crippen molar-refractivity contribution in [3.8, 4) is 0 Å². The highest BCUT2D eigenvalue weighted by molar-refractivity contribution is 5.22. The molecule has 1 heterocycles. The first-order valence-electron chi connectivity index (χ1n) is 8.04. The predicted molar refractivity (Wildman–Crippen MR) is 77.0 cm³/mol. The second-order valence-corrected chi connectivity index (χ2v) is 7.67. The maximum atomic E-state index is 11.5. The minimum absolute atomic E-state index is 0.0409. The summed E-state index contributed by atoms with van der Waals surface area (Å²) in [4.78, 5) is 0. The van der Waals surface area contributed by atoms with Crippen LogP contribution in [0.3, 0.4) is 0 Å². The van der Waals surface area contributed by atoms with Crippen molar-refractivity contribution in [1.82, 2.24) is 0 Å². The molecule has 3 nitrogen and oxygen atoms in total. The normalized spacial score (nSPS) is 41.9. The van der Waals surface area contributed by atoms with E-state index in [1.165, 1.54) is 19.3 Å². The molecule has 5 rings (SSSR count). The lowest BCUT2D eigenvalue weighted by molar-refractivity contribution is -0.187. The molecule has 4 fully saturated rings. The van der Waals surface area contributed by atoms with Crippen molar-refractivity contribution >= 4 is 0 Å². The lowest BCUT2D eigenvalue weighted by Gasteiger charge is -2.61. The third-order valence-electron chi connectivity index (χ3n) is 6.36. The molecule has 0 aromatic carbocycles. The van der Waals surface area contributed by atoms with E-state index in [0.717, 1.165) is 42.8 Å². The van der Waals surface area contributed by atoms with Crippen LogP contribution in [-0.2, 0) is 5.60 Å². The highest BCUT2D eigenvalue weighted by Crippen LogP contribution is 2.65. The molecular weight excluding hydrogens is 250 g/mol. The SMILES string of the molecule is Cc1ccc(C(O)(CN)C23CC4CC(CC(C4)C2)C3)o1. The van der Waals surface area contributed by atoms with Crippen molar-refractivity contribution in [3.05, 3.63) is 23.7 Å². The lowest BCUT2D eigenvalue weighted by Crippen LogP contribution is -2.59. The number of hydrogen-bond donors (Lipinski definition) is 2. The smallest absolute Gasteiger partial charge is 0.140 e. The molecule has 3 heteroatoms. The first-order valence-corrected chi connectivity index (χ1v) is 8.04. The molecule has 20 heavy (non-hydrogen) atoms. The van der Waals surface area contributed by atoms with E-state index in [4.69, 9.17) is 10.2 Å². The van der Waals surface area contributed by atoms with E-state index >= 15 is 0 Å². The number of furan rings is 1. The Hall–Kier alpha value is -0.800. The summed E-state index contributed by atoms with van der Waals surface area (Å²) in [6.45, 7) is 2.20. The third kappa shape index (κ3) is 1.59. The van der Waals surface area contributed by atoms with Crippen LogP contribution in [0.25, 0.3) is 0 Å². The lowest BCUT2D eigenvalue weighted by atomic mass is 9.45. The molecular formula is C17H25NO2. The first kappa shape index (κ1) is 12.9. The fraction of sp³-hybridized carbons (Fsp3) is 0.765. The Morgan fingerprint density at radius 2 is 1.75 bits per heavy atom. The molecule has 0 aliphatic heterocycles. The van der Waals surface area contributed by atoms with Crippen LogP contribution >= 0.6 is 0 Å². The van der Waals surface area contributed by atoms with Crippen LogP contribution in [0.2, 0.25) is 0 Å². The van der Waals surface area contributed by atoms with Gasteiger partial charge in [0.25, 0.3) is 0 Å². The summed E-state index contributed by atoms with van der Waals surface area (Å²) in [7, 11) is 0. The molecule has 0 amide bonds. The Bertz CT molecular complexity index is 486. The fourth-order valence-corrected chi connectivity index (χ4v) is 5.85. The number of aliphatic hydroxyl groups is 1. The van der Waals surface area contributed by atoms with Gasteiger partial charge in [0.2, 0.25) is 0 Å². The average Bonchev–Trinajstić information content (AvgIpc) is 2.83. The van der Waals surface area contributed by atoms with Gasteiger partial charge in [-0.15, -0.1) is 0 Å². The zero-order chi connectivity index (χ0) is 14.0. The molecule has 3 N–H and O–H groups in total. The van der Waals surface area contributed by atoms with Crippen LogP contribution in [0.1, 0.15) is 50.0 Å². The highest BCUT2D eigenvalue weighted by Gasteiger charge is 2.61. The Morgan fingerprint density at radius 1 is 1.20 bits per heavy atom. The van der Waals surface area contributed by atoms with Gasteiger partial charge in [0.05, 0.1) is 0 Å². The van der Waals surface area contributed by atoms with Crippen LogP contribution in [-0.4, -0.2) is 11.7 Å². The van der Waals surface area contributed by atoms with Gasteiger partial charge in [-0.2, -0.15) is 0 Å². The van der Waals surface area contributed by atoms with Crippen molar-refractivity contribution < 1.29 is 9.52 Å². The van der Waals surface area contributed by atoms with Gasteiger partial charge in [0, 0.05) is 12.0 Å². The molecule has 0 spiro atoms. The molecule has 1 aromatic rings. The van der Waals surface area contributed by atoms with E-state index in [-0.39, 0.29) is 12.0 Å². The molecule has 1 aromatic heterocycles. The molecule has 4 aliphatic rings. The van der Waals surface area contributed by atoms with Crippen molar-refractivity contribution in [2.75, 3.05) is 6.54 Å². The maximum absolute atomic E-state index is 11.5. The summed E-state index contributed by atoms with van der Waals surface area (Å²) >= 11 is 0. The zero-order valence-corrected chi connectivity index (χ0v) is 12.3. The van der Waals surface area contributed by atoms with Crippen molar-refractivity contribution in [2.24, 2.45) is 28.9 Å². The molecule has 110 valence electrons. The van der Waals surface area contributed by atoms with Gasteiger partial charge < -0.3 is 15.3 Å². The Morgan fingerprint density at radius 3 is 2.15 bits per heavy atom. The Balaban J connectivity index is 1.77. The molecule has 1 atom stereocenters. The fourth-order valence-electron chi connectivity index (χ4n) is 5.85. The summed E-state index contributed by atoms with van der Waals surface area (Å²) < 4.78 is 5.80. The van der Waals surface area contributed by atoms with Crippen LogP contribution in [0.5, 0.6) is 0 Å². The van der Waals surface area contributed by atoms with Gasteiger partial charge in [-0.1, -0.05) is 0 Å². The van der Waals surface area contributed by atoms with Gasteiger partial charge in [-0.25, -0.2) is 0 Å². The van der Waals surface area contributed by atoms with Crippen molar-refractivity contribution in [1.29, 1.82) is 0 Å². The second kappa shape index (κ2) is 4.11. The molecule has 0 radical (unpaired) electrons. The maximum Gasteiger partial charge on any atom is 0.140 e. The van der Waals surface area contributed by atoms with Gasteiger partial charge in [-0.05, 0) is 75.3 Å². The standard InChI is InChI=1S/C17H25NO2/c1-11-2-3-15(20-11)17(19,10-18)16-7-12-4-13(8-16)6-14(5-12)9-16/h2-3,12-14,19H,4-10,18H2,1H3. The summed E-state index contributed by atoms with van der Waals surface area (Å²) in [5, 5.41) is 11.5. The van der Waals surface area contributed by atoms with E-state index in [1.807, 2.05) is 19.1 Å². The van der Waals surface area contributed by atoms with Gasteiger partial charge in [0.15, 0.2) is 0 Å². The van der Waals surface area contributed by atoms with Crippen molar-refractivity contribution in [3.63, 3.8) is 0 Å². The summed E-state index contributed by atoms with van der Waals surface area (Å²) in [5.74, 6) is 3.96. The minimum atomic E-state index is -0.975. The van der Waals surface area contributed by atoms with Gasteiger partial charge >= 0.3 is 0 Å². The van der Waals surface area contributed by atoms with Crippen molar-refractivity contribution in [2.45, 2.75) is 51.0 Å². The largest absolute Gasteiger partial charge is 0.463 e. The van der Waals surface area contributed by atoms with E-state index in [2.05, 4.69) is 0 Å². The zero-order valence-electron chi connectivity index (χ0n) is 12.3. The minimum Gasteiger partial charge on any atom is -0.463 e. The number of nitrogens with two attached hydrogens (primary N) is 1. The Kier molecular flexibility index (Phi) is 2.65. The summed E-state index contributed by atoms with van der Waals surface area (Å²) in [6.07, 6.45) is 7.51. The number of hydrogen-bond acceptors (Lipinski definition) is 3. The van der Waals surface area contributed by atoms with E-state index in [0.29, 0.717) is 5.76 Å². The number of aryl methyl sites for hydroxylation is 1. The molecule has 4 aliphatic carbocycles. The van der Waals surface area contributed by atoms with Crippen LogP contribution < -0.4 is 5.73 Å². The van der Waals surface area contributed by atoms with Crippen LogP contribution in [0, 0.1) is 30.1 Å². The predicted octanol–water partition coefficient (Wildman–Crippen LogP) is 2.95. The first-order chi connectivity index (χ1) is 9.54. The summed E-state index contributed by atoms with van der Waals surface area (Å²) in [5.41, 5.74) is 5.04. The highest BCUT2D eigenvalue weighted by atomic mass is 16.4. The molecule has 4 bridgehead atoms. The molecule has 4 saturated carbocycles. The summed E-state index contributed by atoms with van der Waals surface area (Å²) in [6, 6.07) is 3.87. The quantitative estimate of drug-likeness (QED) is 0.891. The Labute approximate surface area is 120 Å². The van der Waals surface area contributed by atoms with Crippen LogP contribution in [0.4, 0.5) is 0 Å². The van der Waals surface area contributed by atoms with Crippen LogP contribution in [0.15, 0.2) is 16.5 Å². The van der Waals surface area contributed by atoms with E-state index < -0.39 is 5.60 Å². The molecule has 0 saturated heterocycles. The number of rotatable bonds is 3. The van der Waals surface area contributed by atoms with E-state index in [9.17, 15) is 5.11 Å². The topological polar surface area (TPSA) is 59.4 Å². The molecule has 1 unspecified atom stereocenters. The van der Waals surface area contributed by atoms with Gasteiger partial charge in [-0.3, -0.25) is 0 Å². The third-order valence-corrected chi connectivity index (χ3v) is 6.36. The van der Waals surface area contributed by atoms with Gasteiger partial charge in [0.1, 0.15) is 17.1 Å². The average molecular weight is 275 g/mol. The second-order valence-electron chi connectivity index (χ2n) is 7.67.